The molecule has 0 aromatic carbocycles. The predicted molar refractivity (Wildman–Crippen MR) is 386 cm³/mol. The average Bonchev–Trinajstić information content (AvgIpc) is 0.759. The number of nitrogens with one attached hydrogen (secondary N) is 5. The summed E-state index contributed by atoms with van der Waals surface area (Å²) in [5.74, 6) is -4.57. The van der Waals surface area contributed by atoms with Crippen LogP contribution >= 0.6 is 0 Å². The fraction of sp³-hybridized carbons (Fsp3) is 0.929. The van der Waals surface area contributed by atoms with E-state index < -0.39 is 396 Å². The molecule has 55 heteroatoms. The first-order valence-electron chi connectivity index (χ1n) is 40.0. The van der Waals surface area contributed by atoms with E-state index in [0.29, 0.717) is 0 Å². The van der Waals surface area contributed by atoms with Crippen LogP contribution in [0.25, 0.3) is 0 Å². The van der Waals surface area contributed by atoms with Crippen molar-refractivity contribution in [3.05, 3.63) is 0 Å². The van der Waals surface area contributed by atoms with Crippen molar-refractivity contribution >= 4 is 29.5 Å². The zero-order valence-corrected chi connectivity index (χ0v) is 67.7. The average molecular weight is 1830 g/mol. The lowest BCUT2D eigenvalue weighted by molar-refractivity contribution is -0.397. The summed E-state index contributed by atoms with van der Waals surface area (Å²) in [6, 6.07) is -9.32. The number of hydrogen-bond acceptors (Lipinski definition) is 50. The molecule has 0 aromatic rings. The third-order valence-electron chi connectivity index (χ3n) is 22.8. The molecule has 10 aliphatic heterocycles. The fourth-order valence-electron chi connectivity index (χ4n) is 16.1. The van der Waals surface area contributed by atoms with E-state index in [2.05, 4.69) is 26.6 Å². The van der Waals surface area contributed by atoms with E-state index in [0.717, 1.165) is 34.6 Å². The minimum atomic E-state index is -2.63. The Morgan fingerprint density at radius 1 is 0.224 bits per heavy atom. The van der Waals surface area contributed by atoms with Gasteiger partial charge in [-0.05, 0) is 6.92 Å². The maximum atomic E-state index is 13.3. The summed E-state index contributed by atoms with van der Waals surface area (Å²) in [5.41, 5.74) is 0. The molecule has 10 saturated heterocycles. The Labute approximate surface area is 708 Å². The first-order valence-corrected chi connectivity index (χ1v) is 40.0. The number of aliphatic hydroxyl groups excluding tert-OH is 26. The van der Waals surface area contributed by atoms with Gasteiger partial charge in [-0.2, -0.15) is 0 Å². The van der Waals surface area contributed by atoms with Crippen molar-refractivity contribution in [1.29, 1.82) is 0 Å². The maximum Gasteiger partial charge on any atom is 0.217 e. The number of ether oxygens (including phenoxy) is 19. The Morgan fingerprint density at radius 2 is 0.504 bits per heavy atom. The number of hydrogen-bond donors (Lipinski definition) is 31. The van der Waals surface area contributed by atoms with Gasteiger partial charge < -0.3 is 249 Å². The summed E-state index contributed by atoms with van der Waals surface area (Å²) in [6.45, 7) is -3.76. The van der Waals surface area contributed by atoms with E-state index in [1.165, 1.54) is 6.92 Å². The summed E-state index contributed by atoms with van der Waals surface area (Å²) < 4.78 is 114. The molecule has 5 amide bonds. The summed E-state index contributed by atoms with van der Waals surface area (Å²) in [7, 11) is 0. The van der Waals surface area contributed by atoms with Gasteiger partial charge in [0.2, 0.25) is 29.5 Å². The molecule has 0 saturated carbocycles. The SMILES string of the molecule is CC(=O)N[C@H]1[C@H](O[C@H]2[C@H](O)[C@@H](NC(C)=O)C(O)O[C@@H]2CO[C@@H]2O[C@@H](C)[C@@H](O)[C@H](O)[C@@H]2O)O[C@H](CO)[C@@H](O[C@@H]2O[C@H](CO[C@H]3O[C@H](CO[C@@H]4O[C@H](CO)[C@@H](O)[C@H](O)[C@H]4NC(C)=O)[C@@H](O)[C@H](O)[C@@H]3O[C@@H]3O[C@H](CO)[C@@H](O[C@@H]4O[C@H](CO)[C@H](O)[C@H](O)[C@H]4O)[C@H](O)[C@H]3NC(C)=O)[C@@H](O)[C@H](O[C@H]3O[C@H](CO)[C@@H](O)[C@H](O)[C@@H]3O[C@@H]3O[C@H](CO)[C@@H](O)[C@H](O)[C@H]3NC(C)=O)[C@@H]2O)[C@@H]1O. The number of aliphatic hydroxyl groups is 26. The number of carbonyl (C=O) groups is 5. The molecule has 10 rings (SSSR count). The van der Waals surface area contributed by atoms with Crippen molar-refractivity contribution in [2.45, 2.75) is 348 Å². The number of amides is 5. The molecule has 0 aromatic heterocycles. The van der Waals surface area contributed by atoms with Crippen LogP contribution < -0.4 is 26.6 Å². The molecule has 31 N–H and O–H groups in total. The Hall–Kier alpha value is -4.45. The first-order chi connectivity index (χ1) is 59.0. The van der Waals surface area contributed by atoms with E-state index in [1.807, 2.05) is 0 Å². The number of carbonyl (C=O) groups excluding carboxylic acids is 5. The van der Waals surface area contributed by atoms with Crippen LogP contribution in [0.3, 0.4) is 0 Å². The summed E-state index contributed by atoms with van der Waals surface area (Å²) in [5, 5.41) is 304. The van der Waals surface area contributed by atoms with E-state index in [1.54, 1.807) is 0 Å². The smallest absolute Gasteiger partial charge is 0.217 e. The second kappa shape index (κ2) is 44.9. The Kier molecular flexibility index (Phi) is 36.8. The van der Waals surface area contributed by atoms with Crippen molar-refractivity contribution in [2.24, 2.45) is 0 Å². The highest BCUT2D eigenvalue weighted by Crippen LogP contribution is 2.40. The zero-order valence-electron chi connectivity index (χ0n) is 67.7. The standard InChI is InChI=1S/C70H117N5O50/c1-16-36(87)48(99)52(103)66(110-16)108-15-30-57(45(96)31(61(106)111-30)71-17(2)82)120-64-34(74-20(5)85)46(97)56(27(12-81)116-64)122-68-54(105)58(123-70-60(50(101)40(91)25(10-79)115-70)125-63-33(73-19(4)84)44(95)38(89)23(8-77)113-63)42(93)29(118-68)14-109-69-59(51(102)41(92)28(119-69)13-107-62-32(72-18(3)83)43(94)37(88)22(7-76)112-62)124-65-35(75-21(6)86)47(98)55(26(11-80)117-65)121-67-53(104)49(100)39(90)24(9-78)114-67/h16,22-70,76-81,87-106H,7-15H2,1-6H3,(H,71,82)(H,72,83)(H,73,84)(H,74,85)(H,75,86)/t16-,22+,23+,24+,25+,26+,27+,28+,29+,30+,31+,32+,33+,34+,35+,36+,37+,38+,39-,40+,41+,42+,43+,44+,45+,46+,47+,48-,49-,50-,51-,52-,53+,54-,55+,56+,57+,58-,59-,60-,61?,62+,63-,64-,65-,66+,67-,68-,69-,70+/m0/s1. The lowest BCUT2D eigenvalue weighted by Gasteiger charge is -2.51. The minimum Gasteiger partial charge on any atom is -0.394 e. The fourth-order valence-corrected chi connectivity index (χ4v) is 16.1. The summed E-state index contributed by atoms with van der Waals surface area (Å²) in [6.07, 6.45) is -93.6. The van der Waals surface area contributed by atoms with Crippen LogP contribution in [0.2, 0.25) is 0 Å². The van der Waals surface area contributed by atoms with E-state index in [-0.39, 0.29) is 0 Å². The van der Waals surface area contributed by atoms with Gasteiger partial charge in [0, 0.05) is 34.6 Å². The van der Waals surface area contributed by atoms with Crippen LogP contribution in [0.1, 0.15) is 41.5 Å². The van der Waals surface area contributed by atoms with Crippen molar-refractivity contribution in [2.75, 3.05) is 59.5 Å². The monoisotopic (exact) mass is 1830 g/mol. The molecular weight excluding hydrogens is 1710 g/mol. The molecule has 10 fully saturated rings. The van der Waals surface area contributed by atoms with Gasteiger partial charge in [-0.3, -0.25) is 24.0 Å². The molecule has 125 heavy (non-hydrogen) atoms. The lowest BCUT2D eigenvalue weighted by atomic mass is 9.93. The minimum absolute atomic E-state index is 0.830. The molecular formula is C70H117N5O50. The molecule has 0 aliphatic carbocycles. The molecule has 0 spiro atoms. The van der Waals surface area contributed by atoms with E-state index in [9.17, 15) is 157 Å². The molecule has 10 aliphatic rings. The normalized spacial score (nSPS) is 48.7. The van der Waals surface area contributed by atoms with Crippen molar-refractivity contribution in [3.8, 4) is 0 Å². The molecule has 1 unspecified atom stereocenters. The molecule has 722 valence electrons. The van der Waals surface area contributed by atoms with Gasteiger partial charge in [0.05, 0.1) is 65.6 Å². The maximum absolute atomic E-state index is 13.3. The van der Waals surface area contributed by atoms with Crippen LogP contribution in [-0.4, -0.2) is 529 Å². The van der Waals surface area contributed by atoms with Gasteiger partial charge in [-0.25, -0.2) is 0 Å². The molecule has 0 bridgehead atoms. The highest BCUT2D eigenvalue weighted by molar-refractivity contribution is 5.75. The van der Waals surface area contributed by atoms with Gasteiger partial charge >= 0.3 is 0 Å². The Balaban J connectivity index is 1.02. The first kappa shape index (κ1) is 103. The van der Waals surface area contributed by atoms with Crippen LogP contribution in [-0.2, 0) is 114 Å². The molecule has 55 nitrogen and oxygen atoms in total. The van der Waals surface area contributed by atoms with Gasteiger partial charge in [0.25, 0.3) is 0 Å². The highest BCUT2D eigenvalue weighted by atomic mass is 16.8. The third kappa shape index (κ3) is 23.3. The Morgan fingerprint density at radius 3 is 0.968 bits per heavy atom. The summed E-state index contributed by atoms with van der Waals surface area (Å²) >= 11 is 0. The van der Waals surface area contributed by atoms with Crippen LogP contribution in [0.5, 0.6) is 0 Å². The quantitative estimate of drug-likeness (QED) is 0.0297. The number of rotatable bonds is 32. The zero-order chi connectivity index (χ0) is 92.1. The van der Waals surface area contributed by atoms with E-state index >= 15 is 0 Å². The largest absolute Gasteiger partial charge is 0.394 e. The lowest BCUT2D eigenvalue weighted by Crippen LogP contribution is -2.71. The van der Waals surface area contributed by atoms with Crippen LogP contribution in [0, 0.1) is 0 Å². The molecule has 10 heterocycles. The predicted octanol–water partition coefficient (Wildman–Crippen LogP) is -21.1. The third-order valence-corrected chi connectivity index (χ3v) is 22.8. The highest BCUT2D eigenvalue weighted by Gasteiger charge is 2.61. The Bertz CT molecular complexity index is 3420. The topological polar surface area (TPSA) is 847 Å². The van der Waals surface area contributed by atoms with Gasteiger partial charge in [0.15, 0.2) is 62.9 Å². The molecule has 50 atom stereocenters. The van der Waals surface area contributed by atoms with Crippen molar-refractivity contribution < 1.29 is 247 Å². The molecule has 0 radical (unpaired) electrons. The summed E-state index contributed by atoms with van der Waals surface area (Å²) in [4.78, 5) is 64.0. The van der Waals surface area contributed by atoms with Gasteiger partial charge in [0.1, 0.15) is 238 Å². The van der Waals surface area contributed by atoms with Gasteiger partial charge in [-0.1, -0.05) is 0 Å². The van der Waals surface area contributed by atoms with Crippen LogP contribution in [0.4, 0.5) is 0 Å². The van der Waals surface area contributed by atoms with Crippen molar-refractivity contribution in [3.63, 3.8) is 0 Å². The second-order valence-corrected chi connectivity index (χ2v) is 31.8. The van der Waals surface area contributed by atoms with E-state index in [4.69, 9.17) is 90.0 Å². The van der Waals surface area contributed by atoms with Crippen LogP contribution in [0.15, 0.2) is 0 Å². The second-order valence-electron chi connectivity index (χ2n) is 31.8. The van der Waals surface area contributed by atoms with Gasteiger partial charge in [-0.15, -0.1) is 0 Å². The van der Waals surface area contributed by atoms with Crippen molar-refractivity contribution in [1.82, 2.24) is 26.6 Å².